The van der Waals surface area contributed by atoms with Gasteiger partial charge < -0.3 is 14.6 Å². The molecule has 2 aromatic carbocycles. The molecule has 2 atom stereocenters. The Morgan fingerprint density at radius 3 is 2.57 bits per heavy atom. The molecule has 1 N–H and O–H groups in total. The molecule has 0 fully saturated rings. The molecule has 1 amide bonds. The lowest BCUT2D eigenvalue weighted by molar-refractivity contribution is -0.164. The highest BCUT2D eigenvalue weighted by Crippen LogP contribution is 2.46. The van der Waals surface area contributed by atoms with Crippen LogP contribution >= 0.6 is 23.2 Å². The van der Waals surface area contributed by atoms with Crippen LogP contribution < -0.4 is 0 Å². The van der Waals surface area contributed by atoms with Crippen LogP contribution in [0.3, 0.4) is 0 Å². The molecule has 0 saturated carbocycles. The fourth-order valence-electron chi connectivity index (χ4n) is 4.38. The molecule has 0 radical (unpaired) electrons. The Balaban J connectivity index is 2.01. The third-order valence-corrected chi connectivity index (χ3v) is 6.33. The van der Waals surface area contributed by atoms with Crippen LogP contribution in [0.4, 0.5) is 0 Å². The van der Waals surface area contributed by atoms with E-state index in [1.807, 2.05) is 48.5 Å². The van der Waals surface area contributed by atoms with E-state index >= 15 is 0 Å². The Hall–Kier alpha value is -2.50. The lowest BCUT2D eigenvalue weighted by Crippen LogP contribution is -2.58. The van der Waals surface area contributed by atoms with Gasteiger partial charge in [-0.25, -0.2) is 4.79 Å². The van der Waals surface area contributed by atoms with Crippen LogP contribution in [0.1, 0.15) is 36.6 Å². The van der Waals surface area contributed by atoms with Crippen molar-refractivity contribution < 1.29 is 14.3 Å². The number of amides is 1. The first-order valence-electron chi connectivity index (χ1n) is 9.82. The monoisotopic (exact) mass is 444 g/mol. The molecule has 5 nitrogen and oxygen atoms in total. The zero-order valence-corrected chi connectivity index (χ0v) is 18.3. The zero-order chi connectivity index (χ0) is 21.5. The van der Waals surface area contributed by atoms with Crippen LogP contribution in [0, 0.1) is 0 Å². The number of esters is 1. The summed E-state index contributed by atoms with van der Waals surface area (Å²) in [6.07, 6.45) is 0. The number of fused-ring (bicyclic) bond motifs is 3. The molecule has 0 bridgehead atoms. The van der Waals surface area contributed by atoms with Crippen molar-refractivity contribution in [3.05, 3.63) is 70.4 Å². The van der Waals surface area contributed by atoms with E-state index in [9.17, 15) is 9.59 Å². The largest absolute Gasteiger partial charge is 0.464 e. The smallest absolute Gasteiger partial charge is 0.338 e. The highest BCUT2D eigenvalue weighted by atomic mass is 35.5. The third kappa shape index (κ3) is 3.17. The first kappa shape index (κ1) is 20.8. The Morgan fingerprint density at radius 2 is 1.90 bits per heavy atom. The molecule has 0 saturated heterocycles. The van der Waals surface area contributed by atoms with E-state index in [-0.39, 0.29) is 24.3 Å². The first-order chi connectivity index (χ1) is 14.4. The number of benzene rings is 2. The van der Waals surface area contributed by atoms with Crippen LogP contribution in [-0.2, 0) is 19.9 Å². The Labute approximate surface area is 184 Å². The summed E-state index contributed by atoms with van der Waals surface area (Å²) in [5.41, 5.74) is 2.24. The number of carbonyl (C=O) groups excluding carboxylic acids is 2. The normalized spacial score (nSPS) is 20.8. The lowest BCUT2D eigenvalue weighted by Gasteiger charge is -2.45. The maximum atomic E-state index is 13.2. The van der Waals surface area contributed by atoms with Crippen molar-refractivity contribution >= 4 is 46.0 Å². The van der Waals surface area contributed by atoms with Gasteiger partial charge in [-0.05, 0) is 43.2 Å². The van der Waals surface area contributed by atoms with E-state index in [2.05, 4.69) is 4.98 Å². The molecule has 0 unspecified atom stereocenters. The van der Waals surface area contributed by atoms with Crippen molar-refractivity contribution in [2.24, 2.45) is 0 Å². The minimum absolute atomic E-state index is 0.150. The summed E-state index contributed by atoms with van der Waals surface area (Å²) in [6, 6.07) is 15.5. The van der Waals surface area contributed by atoms with Gasteiger partial charge >= 0.3 is 5.97 Å². The highest BCUT2D eigenvalue weighted by Gasteiger charge is 2.52. The molecule has 1 aromatic heterocycles. The highest BCUT2D eigenvalue weighted by molar-refractivity contribution is 6.30. The number of H-pyrrole nitrogens is 1. The number of para-hydroxylation sites is 1. The second-order valence-corrected chi connectivity index (χ2v) is 8.20. The summed E-state index contributed by atoms with van der Waals surface area (Å²) >= 11 is 12.0. The molecule has 30 heavy (non-hydrogen) atoms. The number of aromatic nitrogens is 1. The predicted octanol–water partition coefficient (Wildman–Crippen LogP) is 4.81. The summed E-state index contributed by atoms with van der Waals surface area (Å²) in [7, 11) is 0. The summed E-state index contributed by atoms with van der Waals surface area (Å²) in [4.78, 5) is 31.0. The Kier molecular flexibility index (Phi) is 5.51. The molecule has 2 heterocycles. The number of carbonyl (C=O) groups is 2. The third-order valence-electron chi connectivity index (χ3n) is 5.85. The van der Waals surface area contributed by atoms with E-state index in [4.69, 9.17) is 27.9 Å². The molecule has 4 rings (SSSR count). The summed E-state index contributed by atoms with van der Waals surface area (Å²) in [6.45, 7) is 3.99. The Bertz CT molecular complexity index is 1110. The molecule has 0 spiro atoms. The van der Waals surface area contributed by atoms with Gasteiger partial charge in [0.2, 0.25) is 5.91 Å². The maximum absolute atomic E-state index is 13.2. The number of ether oxygens (including phenoxy) is 1. The van der Waals surface area contributed by atoms with Gasteiger partial charge in [0, 0.05) is 28.4 Å². The minimum atomic E-state index is -1.31. The van der Waals surface area contributed by atoms with Crippen molar-refractivity contribution in [3.63, 3.8) is 0 Å². The van der Waals surface area contributed by atoms with E-state index in [0.29, 0.717) is 17.3 Å². The van der Waals surface area contributed by atoms with Gasteiger partial charge in [0.15, 0.2) is 5.54 Å². The molecule has 1 aliphatic heterocycles. The van der Waals surface area contributed by atoms with E-state index in [0.717, 1.165) is 22.0 Å². The summed E-state index contributed by atoms with van der Waals surface area (Å²) in [5.74, 6) is -1.18. The molecule has 7 heteroatoms. The van der Waals surface area contributed by atoms with Crippen molar-refractivity contribution in [2.75, 3.05) is 19.0 Å². The van der Waals surface area contributed by atoms with Crippen LogP contribution in [-0.4, -0.2) is 40.8 Å². The summed E-state index contributed by atoms with van der Waals surface area (Å²) in [5, 5.41) is 1.65. The van der Waals surface area contributed by atoms with Crippen LogP contribution in [0.2, 0.25) is 5.02 Å². The van der Waals surface area contributed by atoms with E-state index in [1.165, 1.54) is 4.90 Å². The molecular weight excluding hydrogens is 423 g/mol. The first-order valence-corrected chi connectivity index (χ1v) is 10.7. The number of alkyl halides is 1. The number of rotatable bonds is 4. The van der Waals surface area contributed by atoms with Gasteiger partial charge in [0.05, 0.1) is 12.3 Å². The van der Waals surface area contributed by atoms with Crippen molar-refractivity contribution in [3.8, 4) is 0 Å². The van der Waals surface area contributed by atoms with Crippen LogP contribution in [0.5, 0.6) is 0 Å². The van der Waals surface area contributed by atoms with Gasteiger partial charge in [0.25, 0.3) is 0 Å². The second-order valence-electron chi connectivity index (χ2n) is 7.49. The van der Waals surface area contributed by atoms with E-state index in [1.54, 1.807) is 13.8 Å². The molecule has 156 valence electrons. The number of nitrogens with zero attached hydrogens (tertiary/aromatic N) is 1. The standard InChI is InChI=1S/C23H22Cl2N2O3/c1-3-30-22(29)23(2)21-20(16-6-4-5-7-18(16)26-21)17(13-27(23)19(28)12-24)14-8-10-15(25)11-9-14/h4-11,17,26H,3,12-13H2,1-2H3/t17-,23-/m0/s1. The number of aromatic amines is 1. The molecular formula is C23H22Cl2N2O3. The van der Waals surface area contributed by atoms with Crippen molar-refractivity contribution in [1.29, 1.82) is 0 Å². The fourth-order valence-corrected chi connectivity index (χ4v) is 4.65. The van der Waals surface area contributed by atoms with Gasteiger partial charge in [0.1, 0.15) is 5.88 Å². The zero-order valence-electron chi connectivity index (χ0n) is 16.7. The number of hydrogen-bond donors (Lipinski definition) is 1. The van der Waals surface area contributed by atoms with Gasteiger partial charge in [-0.2, -0.15) is 0 Å². The van der Waals surface area contributed by atoms with Crippen LogP contribution in [0.15, 0.2) is 48.5 Å². The van der Waals surface area contributed by atoms with Crippen LogP contribution in [0.25, 0.3) is 10.9 Å². The maximum Gasteiger partial charge on any atom is 0.338 e. The van der Waals surface area contributed by atoms with Crippen molar-refractivity contribution in [2.45, 2.75) is 25.3 Å². The summed E-state index contributed by atoms with van der Waals surface area (Å²) < 4.78 is 5.41. The Morgan fingerprint density at radius 1 is 1.20 bits per heavy atom. The minimum Gasteiger partial charge on any atom is -0.464 e. The lowest BCUT2D eigenvalue weighted by atomic mass is 9.78. The molecule has 1 aliphatic rings. The van der Waals surface area contributed by atoms with Gasteiger partial charge in [-0.15, -0.1) is 11.6 Å². The molecule has 0 aliphatic carbocycles. The van der Waals surface area contributed by atoms with Gasteiger partial charge in [-0.3, -0.25) is 4.79 Å². The molecule has 3 aromatic rings. The number of halogens is 2. The van der Waals surface area contributed by atoms with Crippen molar-refractivity contribution in [1.82, 2.24) is 9.88 Å². The number of nitrogens with one attached hydrogen (secondary N) is 1. The van der Waals surface area contributed by atoms with E-state index < -0.39 is 11.5 Å². The SMILES string of the molecule is CCOC(=O)[C@]1(C)c2[nH]c3ccccc3c2[C@H](c2ccc(Cl)cc2)CN1C(=O)CCl. The quantitative estimate of drug-likeness (QED) is 0.463. The fraction of sp³-hybridized carbons (Fsp3) is 0.304. The average molecular weight is 445 g/mol. The predicted molar refractivity (Wildman–Crippen MR) is 118 cm³/mol. The number of hydrogen-bond acceptors (Lipinski definition) is 3. The second kappa shape index (κ2) is 7.97. The topological polar surface area (TPSA) is 62.4 Å². The average Bonchev–Trinajstić information content (AvgIpc) is 3.15. The van der Waals surface area contributed by atoms with Gasteiger partial charge in [-0.1, -0.05) is 41.9 Å².